The molecule has 0 saturated heterocycles. The van der Waals surface area contributed by atoms with Crippen molar-refractivity contribution in [2.24, 2.45) is 5.92 Å². The van der Waals surface area contributed by atoms with Crippen LogP contribution in [0.2, 0.25) is 0 Å². The van der Waals surface area contributed by atoms with E-state index in [0.29, 0.717) is 12.3 Å². The molecule has 92 valence electrons. The molecule has 0 bridgehead atoms. The number of nitrogens with zero attached hydrogens (tertiary/aromatic N) is 2. The summed E-state index contributed by atoms with van der Waals surface area (Å²) in [6, 6.07) is 0. The Hall–Kier alpha value is -0.830. The van der Waals surface area contributed by atoms with Gasteiger partial charge in [0.1, 0.15) is 5.82 Å². The molecule has 0 aliphatic rings. The molecule has 0 aromatic carbocycles. The van der Waals surface area contributed by atoms with Gasteiger partial charge in [0.25, 0.3) is 0 Å². The molecule has 1 aromatic heterocycles. The third kappa shape index (κ3) is 3.08. The maximum atomic E-state index is 10.4. The number of rotatable bonds is 6. The van der Waals surface area contributed by atoms with Gasteiger partial charge in [0.2, 0.25) is 0 Å². The van der Waals surface area contributed by atoms with Gasteiger partial charge in [0, 0.05) is 25.4 Å². The first kappa shape index (κ1) is 13.2. The van der Waals surface area contributed by atoms with Gasteiger partial charge in [-0.3, -0.25) is 0 Å². The van der Waals surface area contributed by atoms with Crippen LogP contribution in [0.15, 0.2) is 12.4 Å². The van der Waals surface area contributed by atoms with Gasteiger partial charge in [-0.05, 0) is 19.3 Å². The molecule has 1 aromatic rings. The van der Waals surface area contributed by atoms with Crippen LogP contribution >= 0.6 is 0 Å². The summed E-state index contributed by atoms with van der Waals surface area (Å²) in [5.74, 6) is 1.28. The fourth-order valence-corrected chi connectivity index (χ4v) is 1.89. The van der Waals surface area contributed by atoms with Gasteiger partial charge in [-0.15, -0.1) is 0 Å². The van der Waals surface area contributed by atoms with Crippen LogP contribution in [0.25, 0.3) is 0 Å². The summed E-state index contributed by atoms with van der Waals surface area (Å²) < 4.78 is 2.14. The molecular formula is C13H24N2O. The third-order valence-corrected chi connectivity index (χ3v) is 3.46. The fraction of sp³-hybridized carbons (Fsp3) is 0.769. The smallest absolute Gasteiger partial charge is 0.111 e. The summed E-state index contributed by atoms with van der Waals surface area (Å²) in [4.78, 5) is 4.34. The zero-order valence-electron chi connectivity index (χ0n) is 10.9. The Morgan fingerprint density at radius 1 is 1.50 bits per heavy atom. The number of aryl methyl sites for hydroxylation is 1. The lowest BCUT2D eigenvalue weighted by Gasteiger charge is -2.29. The molecule has 0 fully saturated rings. The van der Waals surface area contributed by atoms with Gasteiger partial charge >= 0.3 is 0 Å². The van der Waals surface area contributed by atoms with Crippen molar-refractivity contribution in [3.05, 3.63) is 18.2 Å². The zero-order chi connectivity index (χ0) is 12.2. The lowest BCUT2D eigenvalue weighted by molar-refractivity contribution is 0.00272. The summed E-state index contributed by atoms with van der Waals surface area (Å²) in [5.41, 5.74) is -0.661. The molecular weight excluding hydrogens is 200 g/mol. The second kappa shape index (κ2) is 5.48. The normalized spacial score (nSPS) is 17.1. The van der Waals surface area contributed by atoms with Crippen molar-refractivity contribution in [2.45, 2.75) is 59.1 Å². The van der Waals surface area contributed by atoms with Crippen LogP contribution in [0.4, 0.5) is 0 Å². The average molecular weight is 224 g/mol. The van der Waals surface area contributed by atoms with Crippen LogP contribution in [-0.2, 0) is 13.0 Å². The number of hydrogen-bond acceptors (Lipinski definition) is 2. The van der Waals surface area contributed by atoms with E-state index in [1.807, 2.05) is 19.3 Å². The van der Waals surface area contributed by atoms with Crippen molar-refractivity contribution >= 4 is 0 Å². The highest BCUT2D eigenvalue weighted by Crippen LogP contribution is 2.23. The minimum atomic E-state index is -0.661. The predicted molar refractivity (Wildman–Crippen MR) is 66.3 cm³/mol. The highest BCUT2D eigenvalue weighted by molar-refractivity contribution is 4.98. The SMILES string of the molecule is CCCn1ccnc1CC(C)(O)C(C)CC. The molecule has 3 nitrogen and oxygen atoms in total. The van der Waals surface area contributed by atoms with E-state index in [4.69, 9.17) is 0 Å². The Kier molecular flexibility index (Phi) is 4.54. The highest BCUT2D eigenvalue weighted by atomic mass is 16.3. The Bertz CT molecular complexity index is 317. The minimum absolute atomic E-state index is 0.291. The van der Waals surface area contributed by atoms with Crippen LogP contribution in [0.3, 0.4) is 0 Å². The Balaban J connectivity index is 2.75. The largest absolute Gasteiger partial charge is 0.389 e. The standard InChI is InChI=1S/C13H24N2O/c1-5-8-15-9-7-14-12(15)10-13(4,16)11(3)6-2/h7,9,11,16H,5-6,8,10H2,1-4H3. The number of imidazole rings is 1. The van der Waals surface area contributed by atoms with Crippen LogP contribution < -0.4 is 0 Å². The monoisotopic (exact) mass is 224 g/mol. The molecule has 2 atom stereocenters. The molecule has 3 heteroatoms. The molecule has 1 heterocycles. The maximum absolute atomic E-state index is 10.4. The number of aliphatic hydroxyl groups is 1. The summed E-state index contributed by atoms with van der Waals surface area (Å²) >= 11 is 0. The van der Waals surface area contributed by atoms with Gasteiger partial charge in [-0.25, -0.2) is 4.98 Å². The molecule has 0 aliphatic heterocycles. The second-order valence-electron chi connectivity index (χ2n) is 4.88. The number of aromatic nitrogens is 2. The Labute approximate surface area is 98.5 Å². The van der Waals surface area contributed by atoms with Gasteiger partial charge < -0.3 is 9.67 Å². The van der Waals surface area contributed by atoms with E-state index in [0.717, 1.165) is 25.2 Å². The highest BCUT2D eigenvalue weighted by Gasteiger charge is 2.28. The third-order valence-electron chi connectivity index (χ3n) is 3.46. The predicted octanol–water partition coefficient (Wildman–Crippen LogP) is 2.63. The molecule has 0 amide bonds. The quantitative estimate of drug-likeness (QED) is 0.806. The first-order chi connectivity index (χ1) is 7.51. The topological polar surface area (TPSA) is 38.0 Å². The molecule has 0 aliphatic carbocycles. The van der Waals surface area contributed by atoms with Crippen LogP contribution in [0.1, 0.15) is 46.4 Å². The van der Waals surface area contributed by atoms with Gasteiger partial charge in [0.05, 0.1) is 5.60 Å². The van der Waals surface area contributed by atoms with Gasteiger partial charge in [-0.1, -0.05) is 27.2 Å². The Morgan fingerprint density at radius 3 is 2.75 bits per heavy atom. The van der Waals surface area contributed by atoms with E-state index >= 15 is 0 Å². The van der Waals surface area contributed by atoms with Crippen molar-refractivity contribution in [1.82, 2.24) is 9.55 Å². The van der Waals surface area contributed by atoms with E-state index in [2.05, 4.69) is 30.3 Å². The van der Waals surface area contributed by atoms with E-state index in [1.54, 1.807) is 0 Å². The maximum Gasteiger partial charge on any atom is 0.111 e. The molecule has 16 heavy (non-hydrogen) atoms. The lowest BCUT2D eigenvalue weighted by Crippen LogP contribution is -2.36. The first-order valence-electron chi connectivity index (χ1n) is 6.23. The molecule has 2 unspecified atom stereocenters. The van der Waals surface area contributed by atoms with Crippen molar-refractivity contribution in [3.63, 3.8) is 0 Å². The van der Waals surface area contributed by atoms with E-state index in [1.165, 1.54) is 0 Å². The second-order valence-corrected chi connectivity index (χ2v) is 4.88. The van der Waals surface area contributed by atoms with Crippen LogP contribution in [0, 0.1) is 5.92 Å². The van der Waals surface area contributed by atoms with Crippen molar-refractivity contribution in [2.75, 3.05) is 0 Å². The first-order valence-corrected chi connectivity index (χ1v) is 6.23. The van der Waals surface area contributed by atoms with E-state index in [9.17, 15) is 5.11 Å². The van der Waals surface area contributed by atoms with Gasteiger partial charge in [-0.2, -0.15) is 0 Å². The lowest BCUT2D eigenvalue weighted by atomic mass is 9.85. The summed E-state index contributed by atoms with van der Waals surface area (Å²) in [6.07, 6.45) is 6.52. The molecule has 0 radical (unpaired) electrons. The van der Waals surface area contributed by atoms with Crippen molar-refractivity contribution < 1.29 is 5.11 Å². The summed E-state index contributed by atoms with van der Waals surface area (Å²) in [7, 11) is 0. The van der Waals surface area contributed by atoms with Crippen LogP contribution in [0.5, 0.6) is 0 Å². The number of hydrogen-bond donors (Lipinski definition) is 1. The van der Waals surface area contributed by atoms with Crippen LogP contribution in [-0.4, -0.2) is 20.3 Å². The zero-order valence-corrected chi connectivity index (χ0v) is 10.9. The Morgan fingerprint density at radius 2 is 2.19 bits per heavy atom. The fourth-order valence-electron chi connectivity index (χ4n) is 1.89. The minimum Gasteiger partial charge on any atom is -0.389 e. The molecule has 1 rings (SSSR count). The summed E-state index contributed by atoms with van der Waals surface area (Å²) in [6.45, 7) is 9.24. The average Bonchev–Trinajstić information content (AvgIpc) is 2.64. The summed E-state index contributed by atoms with van der Waals surface area (Å²) in [5, 5.41) is 10.4. The van der Waals surface area contributed by atoms with Gasteiger partial charge in [0.15, 0.2) is 0 Å². The van der Waals surface area contributed by atoms with E-state index in [-0.39, 0.29) is 0 Å². The molecule has 0 saturated carbocycles. The van der Waals surface area contributed by atoms with Crippen molar-refractivity contribution in [1.29, 1.82) is 0 Å². The molecule has 0 spiro atoms. The molecule has 1 N–H and O–H groups in total. The van der Waals surface area contributed by atoms with E-state index < -0.39 is 5.60 Å². The van der Waals surface area contributed by atoms with Crippen molar-refractivity contribution in [3.8, 4) is 0 Å².